The first-order valence-corrected chi connectivity index (χ1v) is 7.51. The van der Waals surface area contributed by atoms with Crippen LogP contribution < -0.4 is 0 Å². The quantitative estimate of drug-likeness (QED) is 0.783. The van der Waals surface area contributed by atoms with Crippen molar-refractivity contribution in [2.24, 2.45) is 0 Å². The van der Waals surface area contributed by atoms with Gasteiger partial charge in [0.15, 0.2) is 17.3 Å². The van der Waals surface area contributed by atoms with Gasteiger partial charge in [0, 0.05) is 19.2 Å². The second-order valence-corrected chi connectivity index (χ2v) is 5.34. The lowest BCUT2D eigenvalue weighted by Gasteiger charge is -2.14. The SMILES string of the molecule is O=C(OCCN1CCCC1=O)c1ccn(-c2c(F)cccc2F)n1. The van der Waals surface area contributed by atoms with E-state index in [0.29, 0.717) is 19.5 Å². The lowest BCUT2D eigenvalue weighted by molar-refractivity contribution is -0.128. The van der Waals surface area contributed by atoms with Crippen LogP contribution in [0.5, 0.6) is 0 Å². The molecule has 0 atom stereocenters. The second kappa shape index (κ2) is 6.77. The first-order chi connectivity index (χ1) is 11.6. The van der Waals surface area contributed by atoms with Gasteiger partial charge < -0.3 is 9.64 Å². The number of carbonyl (C=O) groups excluding carboxylic acids is 2. The number of amides is 1. The number of benzene rings is 1. The van der Waals surface area contributed by atoms with E-state index >= 15 is 0 Å². The molecule has 1 aliphatic heterocycles. The highest BCUT2D eigenvalue weighted by Gasteiger charge is 2.21. The number of hydrogen-bond donors (Lipinski definition) is 0. The fourth-order valence-electron chi connectivity index (χ4n) is 2.53. The van der Waals surface area contributed by atoms with Gasteiger partial charge in [-0.2, -0.15) is 5.10 Å². The van der Waals surface area contributed by atoms with Gasteiger partial charge in [-0.05, 0) is 24.6 Å². The number of esters is 1. The van der Waals surface area contributed by atoms with E-state index in [2.05, 4.69) is 5.10 Å². The Balaban J connectivity index is 1.62. The van der Waals surface area contributed by atoms with Gasteiger partial charge in [-0.25, -0.2) is 18.3 Å². The Morgan fingerprint density at radius 2 is 2.00 bits per heavy atom. The lowest BCUT2D eigenvalue weighted by Crippen LogP contribution is -2.29. The Morgan fingerprint density at radius 1 is 1.25 bits per heavy atom. The molecule has 1 aromatic carbocycles. The van der Waals surface area contributed by atoms with Crippen molar-refractivity contribution < 1.29 is 23.1 Å². The van der Waals surface area contributed by atoms with Crippen LogP contribution in [0.4, 0.5) is 8.78 Å². The molecule has 1 fully saturated rings. The molecule has 0 N–H and O–H groups in total. The van der Waals surface area contributed by atoms with Gasteiger partial charge in [-0.3, -0.25) is 4.79 Å². The van der Waals surface area contributed by atoms with E-state index in [-0.39, 0.29) is 23.9 Å². The second-order valence-electron chi connectivity index (χ2n) is 5.34. The van der Waals surface area contributed by atoms with E-state index < -0.39 is 17.6 Å². The standard InChI is InChI=1S/C16H15F2N3O3/c17-11-3-1-4-12(18)15(11)21-8-6-13(19-21)16(23)24-10-9-20-7-2-5-14(20)22/h1,3-4,6,8H,2,5,7,9-10H2. The van der Waals surface area contributed by atoms with Crippen molar-refractivity contribution in [2.45, 2.75) is 12.8 Å². The van der Waals surface area contributed by atoms with Crippen molar-refractivity contribution in [3.63, 3.8) is 0 Å². The average Bonchev–Trinajstić information content (AvgIpc) is 3.17. The summed E-state index contributed by atoms with van der Waals surface area (Å²) in [5.41, 5.74) is -0.426. The van der Waals surface area contributed by atoms with Crippen LogP contribution in [0.15, 0.2) is 30.5 Å². The molecule has 1 saturated heterocycles. The molecule has 3 rings (SSSR count). The molecule has 0 radical (unpaired) electrons. The minimum atomic E-state index is -0.787. The van der Waals surface area contributed by atoms with Crippen LogP contribution in [0.2, 0.25) is 0 Å². The molecule has 0 saturated carbocycles. The predicted molar refractivity (Wildman–Crippen MR) is 79.6 cm³/mol. The van der Waals surface area contributed by atoms with Crippen LogP contribution in [0.3, 0.4) is 0 Å². The molecular weight excluding hydrogens is 320 g/mol. The Kier molecular flexibility index (Phi) is 4.54. The van der Waals surface area contributed by atoms with E-state index in [1.165, 1.54) is 18.3 Å². The van der Waals surface area contributed by atoms with Crippen molar-refractivity contribution in [1.82, 2.24) is 14.7 Å². The zero-order valence-electron chi connectivity index (χ0n) is 12.7. The molecule has 0 aliphatic carbocycles. The smallest absolute Gasteiger partial charge is 0.358 e. The molecule has 0 bridgehead atoms. The zero-order chi connectivity index (χ0) is 17.1. The van der Waals surface area contributed by atoms with Crippen molar-refractivity contribution in [2.75, 3.05) is 19.7 Å². The van der Waals surface area contributed by atoms with E-state index in [1.807, 2.05) is 0 Å². The summed E-state index contributed by atoms with van der Waals surface area (Å²) in [4.78, 5) is 25.0. The van der Waals surface area contributed by atoms with E-state index in [0.717, 1.165) is 23.2 Å². The van der Waals surface area contributed by atoms with Crippen molar-refractivity contribution in [3.8, 4) is 5.69 Å². The molecular formula is C16H15F2N3O3. The van der Waals surface area contributed by atoms with Crippen molar-refractivity contribution in [3.05, 3.63) is 47.8 Å². The first kappa shape index (κ1) is 16.1. The molecule has 6 nitrogen and oxygen atoms in total. The molecule has 0 unspecified atom stereocenters. The van der Waals surface area contributed by atoms with Gasteiger partial charge in [-0.1, -0.05) is 6.07 Å². The van der Waals surface area contributed by atoms with Gasteiger partial charge in [0.25, 0.3) is 0 Å². The first-order valence-electron chi connectivity index (χ1n) is 7.51. The number of nitrogens with zero attached hydrogens (tertiary/aromatic N) is 3. The summed E-state index contributed by atoms with van der Waals surface area (Å²) in [6, 6.07) is 4.76. The minimum Gasteiger partial charge on any atom is -0.459 e. The monoisotopic (exact) mass is 335 g/mol. The minimum absolute atomic E-state index is 0.0466. The molecule has 1 aromatic heterocycles. The Bertz CT molecular complexity index is 755. The van der Waals surface area contributed by atoms with Gasteiger partial charge in [0.2, 0.25) is 5.91 Å². The fraction of sp³-hybridized carbons (Fsp3) is 0.312. The molecule has 0 spiro atoms. The molecule has 126 valence electrons. The van der Waals surface area contributed by atoms with E-state index in [1.54, 1.807) is 4.90 Å². The molecule has 8 heteroatoms. The summed E-state index contributed by atoms with van der Waals surface area (Å²) >= 11 is 0. The number of aromatic nitrogens is 2. The summed E-state index contributed by atoms with van der Waals surface area (Å²) in [6.45, 7) is 1.04. The summed E-state index contributed by atoms with van der Waals surface area (Å²) in [5.74, 6) is -2.24. The number of halogens is 2. The lowest BCUT2D eigenvalue weighted by atomic mass is 10.3. The van der Waals surface area contributed by atoms with Crippen molar-refractivity contribution >= 4 is 11.9 Å². The van der Waals surface area contributed by atoms with E-state index in [9.17, 15) is 18.4 Å². The third-order valence-electron chi connectivity index (χ3n) is 3.73. The fourth-order valence-corrected chi connectivity index (χ4v) is 2.53. The molecule has 1 amide bonds. The summed E-state index contributed by atoms with van der Waals surface area (Å²) in [5, 5.41) is 3.85. The molecule has 2 aromatic rings. The number of hydrogen-bond acceptors (Lipinski definition) is 4. The van der Waals surface area contributed by atoms with Crippen LogP contribution >= 0.6 is 0 Å². The summed E-state index contributed by atoms with van der Waals surface area (Å²) in [6.07, 6.45) is 2.61. The van der Waals surface area contributed by atoms with Gasteiger partial charge >= 0.3 is 5.97 Å². The van der Waals surface area contributed by atoms with Crippen LogP contribution in [-0.4, -0.2) is 46.3 Å². The number of rotatable bonds is 5. The number of carbonyl (C=O) groups is 2. The van der Waals surface area contributed by atoms with Gasteiger partial charge in [0.1, 0.15) is 12.3 Å². The van der Waals surface area contributed by atoms with Crippen LogP contribution in [0.1, 0.15) is 23.3 Å². The topological polar surface area (TPSA) is 64.4 Å². The maximum absolute atomic E-state index is 13.7. The molecule has 1 aliphatic rings. The number of para-hydroxylation sites is 1. The Labute approximate surface area is 136 Å². The molecule has 24 heavy (non-hydrogen) atoms. The third kappa shape index (κ3) is 3.27. The highest BCUT2D eigenvalue weighted by molar-refractivity contribution is 5.87. The van der Waals surface area contributed by atoms with Crippen LogP contribution in [0.25, 0.3) is 5.69 Å². The normalized spacial score (nSPS) is 14.2. The number of likely N-dealkylation sites (tertiary alicyclic amines) is 1. The average molecular weight is 335 g/mol. The largest absolute Gasteiger partial charge is 0.459 e. The zero-order valence-corrected chi connectivity index (χ0v) is 12.7. The van der Waals surface area contributed by atoms with Crippen molar-refractivity contribution in [1.29, 1.82) is 0 Å². The van der Waals surface area contributed by atoms with E-state index in [4.69, 9.17) is 4.74 Å². The van der Waals surface area contributed by atoms with Gasteiger partial charge in [0.05, 0.1) is 6.54 Å². The third-order valence-corrected chi connectivity index (χ3v) is 3.73. The summed E-state index contributed by atoms with van der Waals surface area (Å²) in [7, 11) is 0. The maximum Gasteiger partial charge on any atom is 0.358 e. The Hall–Kier alpha value is -2.77. The molecule has 2 heterocycles. The maximum atomic E-state index is 13.7. The van der Waals surface area contributed by atoms with Crippen LogP contribution in [-0.2, 0) is 9.53 Å². The predicted octanol–water partition coefficient (Wildman–Crippen LogP) is 1.93. The Morgan fingerprint density at radius 3 is 2.67 bits per heavy atom. The summed E-state index contributed by atoms with van der Waals surface area (Å²) < 4.78 is 33.4. The highest BCUT2D eigenvalue weighted by atomic mass is 19.1. The highest BCUT2D eigenvalue weighted by Crippen LogP contribution is 2.17. The van der Waals surface area contributed by atoms with Gasteiger partial charge in [-0.15, -0.1) is 0 Å². The number of ether oxygens (including phenoxy) is 1. The van der Waals surface area contributed by atoms with Crippen LogP contribution in [0, 0.1) is 11.6 Å².